The molecule has 1 aromatic heterocycles. The molecule has 0 radical (unpaired) electrons. The fourth-order valence-corrected chi connectivity index (χ4v) is 4.95. The zero-order chi connectivity index (χ0) is 24.0. The number of anilines is 1. The molecule has 0 spiro atoms. The molecule has 2 aromatic carbocycles. The number of nitrogens with one attached hydrogen (secondary N) is 2. The average Bonchev–Trinajstić information content (AvgIpc) is 3.52. The summed E-state index contributed by atoms with van der Waals surface area (Å²) in [6.07, 6.45) is 2.76. The molecule has 2 aliphatic rings. The van der Waals surface area contributed by atoms with E-state index in [4.69, 9.17) is 11.6 Å². The second-order valence-electron chi connectivity index (χ2n) is 9.18. The lowest BCUT2D eigenvalue weighted by molar-refractivity contribution is -0.110. The molecule has 3 aromatic rings. The molecule has 1 saturated heterocycles. The Hall–Kier alpha value is -3.35. The smallest absolute Gasteiger partial charge is 0.256 e. The van der Waals surface area contributed by atoms with Gasteiger partial charge in [0.15, 0.2) is 0 Å². The summed E-state index contributed by atoms with van der Waals surface area (Å²) in [7, 11) is 4.09. The van der Waals surface area contributed by atoms with Gasteiger partial charge in [-0.3, -0.25) is 9.59 Å². The normalized spacial score (nSPS) is 18.6. The van der Waals surface area contributed by atoms with E-state index in [1.165, 1.54) is 0 Å². The number of likely N-dealkylation sites (tertiary alicyclic amines) is 1. The van der Waals surface area contributed by atoms with Crippen molar-refractivity contribution in [2.75, 3.05) is 32.5 Å². The monoisotopic (exact) mass is 474 g/mol. The van der Waals surface area contributed by atoms with Crippen molar-refractivity contribution in [2.24, 2.45) is 0 Å². The number of aromatic nitrogens is 1. The third kappa shape index (κ3) is 4.04. The molecule has 1 unspecified atom stereocenters. The summed E-state index contributed by atoms with van der Waals surface area (Å²) in [6.45, 7) is 3.36. The van der Waals surface area contributed by atoms with Gasteiger partial charge in [-0.05, 0) is 68.9 Å². The summed E-state index contributed by atoms with van der Waals surface area (Å²) in [4.78, 5) is 33.8. The lowest BCUT2D eigenvalue weighted by atomic mass is 9.94. The van der Waals surface area contributed by atoms with Gasteiger partial charge in [0.2, 0.25) is 0 Å². The van der Waals surface area contributed by atoms with Crippen molar-refractivity contribution in [1.29, 1.82) is 0 Å². The van der Waals surface area contributed by atoms with Gasteiger partial charge in [0, 0.05) is 41.1 Å². The van der Waals surface area contributed by atoms with Crippen molar-refractivity contribution in [3.8, 4) is 11.1 Å². The molecule has 3 heterocycles. The molecular formula is C27H27ClN4O2. The molecular weight excluding hydrogens is 448 g/mol. The number of rotatable bonds is 4. The Morgan fingerprint density at radius 2 is 1.94 bits per heavy atom. The second-order valence-corrected chi connectivity index (χ2v) is 9.62. The van der Waals surface area contributed by atoms with Gasteiger partial charge in [-0.2, -0.15) is 0 Å². The number of halogens is 1. The van der Waals surface area contributed by atoms with Gasteiger partial charge in [0.1, 0.15) is 0 Å². The number of likely N-dealkylation sites (N-methyl/N-ethyl adjacent to an activating group) is 1. The molecule has 5 rings (SSSR count). The fraction of sp³-hybridized carbons (Fsp3) is 0.259. The quantitative estimate of drug-likeness (QED) is 0.528. The summed E-state index contributed by atoms with van der Waals surface area (Å²) in [5, 5.41) is 3.63. The van der Waals surface area contributed by atoms with Crippen LogP contribution in [0.15, 0.2) is 48.5 Å². The van der Waals surface area contributed by atoms with Gasteiger partial charge in [0.05, 0.1) is 16.8 Å². The number of aryl methyl sites for hydroxylation is 1. The second kappa shape index (κ2) is 8.78. The van der Waals surface area contributed by atoms with Crippen LogP contribution in [0.3, 0.4) is 0 Å². The predicted molar refractivity (Wildman–Crippen MR) is 137 cm³/mol. The lowest BCUT2D eigenvalue weighted by Gasteiger charge is -2.20. The van der Waals surface area contributed by atoms with E-state index >= 15 is 0 Å². The summed E-state index contributed by atoms with van der Waals surface area (Å²) in [5.41, 5.74) is 6.14. The number of carbonyl (C=O) groups is 2. The first kappa shape index (κ1) is 22.4. The lowest BCUT2D eigenvalue weighted by Crippen LogP contribution is -2.34. The molecule has 0 bridgehead atoms. The molecule has 2 aliphatic heterocycles. The highest BCUT2D eigenvalue weighted by Crippen LogP contribution is 2.41. The van der Waals surface area contributed by atoms with E-state index in [2.05, 4.69) is 15.2 Å². The Labute approximate surface area is 204 Å². The summed E-state index contributed by atoms with van der Waals surface area (Å²) < 4.78 is 0. The number of aromatic amines is 1. The third-order valence-corrected chi connectivity index (χ3v) is 6.92. The summed E-state index contributed by atoms with van der Waals surface area (Å²) >= 11 is 6.08. The van der Waals surface area contributed by atoms with E-state index in [0.29, 0.717) is 34.4 Å². The Morgan fingerprint density at radius 3 is 2.65 bits per heavy atom. The predicted octanol–water partition coefficient (Wildman–Crippen LogP) is 4.91. The van der Waals surface area contributed by atoms with E-state index in [-0.39, 0.29) is 11.8 Å². The molecule has 174 valence electrons. The number of nitrogens with zero attached hydrogens (tertiary/aromatic N) is 2. The largest absolute Gasteiger partial charge is 0.358 e. The number of carbonyl (C=O) groups excluding carboxylic acids is 2. The van der Waals surface area contributed by atoms with Crippen LogP contribution in [-0.2, 0) is 4.79 Å². The van der Waals surface area contributed by atoms with Crippen LogP contribution in [0.25, 0.3) is 22.8 Å². The van der Waals surface area contributed by atoms with Crippen LogP contribution in [0.5, 0.6) is 0 Å². The number of H-pyrrole nitrogens is 1. The zero-order valence-corrected chi connectivity index (χ0v) is 20.2. The van der Waals surface area contributed by atoms with Crippen LogP contribution in [0.4, 0.5) is 5.69 Å². The fourth-order valence-electron chi connectivity index (χ4n) is 4.82. The first-order chi connectivity index (χ1) is 16.3. The van der Waals surface area contributed by atoms with Crippen LogP contribution < -0.4 is 5.32 Å². The maximum atomic E-state index is 13.4. The topological polar surface area (TPSA) is 68.4 Å². The maximum Gasteiger partial charge on any atom is 0.256 e. The highest BCUT2D eigenvalue weighted by molar-refractivity contribution is 6.36. The van der Waals surface area contributed by atoms with E-state index in [0.717, 1.165) is 41.0 Å². The summed E-state index contributed by atoms with van der Waals surface area (Å²) in [5.74, 6) is -0.193. The standard InChI is InChI=1S/C27H27ClN4O2/c1-16-13-21(27(34)32-12-11-19(15-32)31(2)3)24(29-16)14-22-25-20(17-7-9-18(28)10-8-17)5-4-6-23(25)30-26(22)33/h4-10,13-14,19,29H,11-12,15H2,1-3H3,(H,30,33). The van der Waals surface area contributed by atoms with Crippen molar-refractivity contribution in [3.63, 3.8) is 0 Å². The molecule has 1 atom stereocenters. The molecule has 34 heavy (non-hydrogen) atoms. The Bertz CT molecular complexity index is 1310. The summed E-state index contributed by atoms with van der Waals surface area (Å²) in [6, 6.07) is 15.6. The molecule has 0 saturated carbocycles. The van der Waals surface area contributed by atoms with Gasteiger partial charge in [-0.25, -0.2) is 0 Å². The zero-order valence-electron chi connectivity index (χ0n) is 19.5. The molecule has 6 nitrogen and oxygen atoms in total. The third-order valence-electron chi connectivity index (χ3n) is 6.66. The minimum Gasteiger partial charge on any atom is -0.358 e. The molecule has 1 fully saturated rings. The van der Waals surface area contributed by atoms with Crippen molar-refractivity contribution >= 4 is 40.8 Å². The van der Waals surface area contributed by atoms with Gasteiger partial charge in [0.25, 0.3) is 11.8 Å². The Morgan fingerprint density at radius 1 is 1.18 bits per heavy atom. The highest BCUT2D eigenvalue weighted by atomic mass is 35.5. The molecule has 2 N–H and O–H groups in total. The first-order valence-corrected chi connectivity index (χ1v) is 11.8. The first-order valence-electron chi connectivity index (χ1n) is 11.4. The van der Waals surface area contributed by atoms with Crippen LogP contribution in [0.2, 0.25) is 5.02 Å². The van der Waals surface area contributed by atoms with Gasteiger partial charge < -0.3 is 20.1 Å². The van der Waals surface area contributed by atoms with E-state index in [1.807, 2.05) is 74.4 Å². The van der Waals surface area contributed by atoms with Crippen molar-refractivity contribution in [3.05, 3.63) is 76.1 Å². The van der Waals surface area contributed by atoms with E-state index < -0.39 is 0 Å². The van der Waals surface area contributed by atoms with Crippen LogP contribution in [0, 0.1) is 6.92 Å². The SMILES string of the molecule is Cc1cc(C(=O)N2CCC(N(C)C)C2)c(C=C2C(=O)Nc3cccc(-c4ccc(Cl)cc4)c32)[nH]1. The minimum absolute atomic E-state index is 0.00911. The van der Waals surface area contributed by atoms with Gasteiger partial charge >= 0.3 is 0 Å². The van der Waals surface area contributed by atoms with Crippen LogP contribution >= 0.6 is 11.6 Å². The maximum absolute atomic E-state index is 13.4. The Kier molecular flexibility index (Phi) is 5.80. The number of fused-ring (bicyclic) bond motifs is 1. The number of benzene rings is 2. The Balaban J connectivity index is 1.55. The van der Waals surface area contributed by atoms with E-state index in [9.17, 15) is 9.59 Å². The molecule has 2 amide bonds. The van der Waals surface area contributed by atoms with E-state index in [1.54, 1.807) is 6.08 Å². The number of amides is 2. The number of hydrogen-bond donors (Lipinski definition) is 2. The molecule has 7 heteroatoms. The van der Waals surface area contributed by atoms with Crippen molar-refractivity contribution in [1.82, 2.24) is 14.8 Å². The minimum atomic E-state index is -0.184. The average molecular weight is 475 g/mol. The molecule has 0 aliphatic carbocycles. The highest BCUT2D eigenvalue weighted by Gasteiger charge is 2.31. The van der Waals surface area contributed by atoms with Gasteiger partial charge in [-0.15, -0.1) is 0 Å². The van der Waals surface area contributed by atoms with Crippen LogP contribution in [0.1, 0.15) is 33.7 Å². The number of hydrogen-bond acceptors (Lipinski definition) is 3. The van der Waals surface area contributed by atoms with Crippen molar-refractivity contribution in [2.45, 2.75) is 19.4 Å². The van der Waals surface area contributed by atoms with Gasteiger partial charge in [-0.1, -0.05) is 35.9 Å². The van der Waals surface area contributed by atoms with Crippen LogP contribution in [-0.4, -0.2) is 59.8 Å². The van der Waals surface area contributed by atoms with Crippen molar-refractivity contribution < 1.29 is 9.59 Å².